The average Bonchev–Trinajstić information content (AvgIpc) is 3.23. The molecule has 2 heterocycles. The summed E-state index contributed by atoms with van der Waals surface area (Å²) in [6.07, 6.45) is 2.20. The monoisotopic (exact) mass is 622 g/mol. The van der Waals surface area contributed by atoms with Gasteiger partial charge in [-0.15, -0.1) is 0 Å². The zero-order chi connectivity index (χ0) is 25.5. The highest BCUT2D eigenvalue weighted by molar-refractivity contribution is 9.28. The van der Waals surface area contributed by atoms with Crippen LogP contribution in [0.5, 0.6) is 0 Å². The van der Waals surface area contributed by atoms with E-state index in [0.717, 1.165) is 3.39 Å². The lowest BCUT2D eigenvalue weighted by molar-refractivity contribution is -0.236. The largest absolute Gasteiger partial charge is 0.404 e. The van der Waals surface area contributed by atoms with Crippen LogP contribution in [0.1, 0.15) is 48.0 Å². The second-order valence-electron chi connectivity index (χ2n) is 11.1. The Hall–Kier alpha value is -0.803. The summed E-state index contributed by atoms with van der Waals surface area (Å²) in [6.45, 7) is 13.4. The zero-order valence-electron chi connectivity index (χ0n) is 21.4. The van der Waals surface area contributed by atoms with Crippen molar-refractivity contribution in [1.29, 1.82) is 0 Å². The molecule has 2 aromatic carbocycles. The molecule has 190 valence electrons. The van der Waals surface area contributed by atoms with Crippen molar-refractivity contribution in [3.63, 3.8) is 0 Å². The maximum atomic E-state index is 7.32. The average molecular weight is 624 g/mol. The van der Waals surface area contributed by atoms with Gasteiger partial charge in [0.25, 0.3) is 8.32 Å². The molecule has 2 aromatic rings. The van der Waals surface area contributed by atoms with Gasteiger partial charge in [0.1, 0.15) is 11.7 Å². The molecule has 0 amide bonds. The van der Waals surface area contributed by atoms with Gasteiger partial charge in [-0.2, -0.15) is 0 Å². The molecule has 0 spiro atoms. The van der Waals surface area contributed by atoms with Crippen molar-refractivity contribution in [2.75, 3.05) is 6.61 Å². The minimum Gasteiger partial charge on any atom is -0.404 e. The summed E-state index contributed by atoms with van der Waals surface area (Å²) in [5.41, 5.74) is -0.592. The lowest BCUT2D eigenvalue weighted by Crippen LogP contribution is -2.68. The third kappa shape index (κ3) is 5.28. The van der Waals surface area contributed by atoms with E-state index in [9.17, 15) is 0 Å². The van der Waals surface area contributed by atoms with E-state index in [1.807, 2.05) is 13.8 Å². The van der Waals surface area contributed by atoms with Crippen molar-refractivity contribution in [2.24, 2.45) is 5.92 Å². The van der Waals surface area contributed by atoms with Gasteiger partial charge in [-0.1, -0.05) is 94.4 Å². The van der Waals surface area contributed by atoms with Crippen LogP contribution in [0.15, 0.2) is 70.1 Å². The Morgan fingerprint density at radius 3 is 1.94 bits per heavy atom. The van der Waals surface area contributed by atoms with E-state index in [4.69, 9.17) is 18.6 Å². The summed E-state index contributed by atoms with van der Waals surface area (Å²) in [7, 11) is -2.72. The molecule has 2 aliphatic heterocycles. The Morgan fingerprint density at radius 2 is 1.49 bits per heavy atom. The van der Waals surface area contributed by atoms with Gasteiger partial charge < -0.3 is 18.6 Å². The second kappa shape index (κ2) is 10.2. The van der Waals surface area contributed by atoms with E-state index >= 15 is 0 Å². The number of fused-ring (bicyclic) bond motifs is 1. The molecule has 0 bridgehead atoms. The number of halogens is 2. The molecule has 35 heavy (non-hydrogen) atoms. The highest BCUT2D eigenvalue weighted by atomic mass is 79.9. The number of benzene rings is 2. The van der Waals surface area contributed by atoms with Crippen LogP contribution in [0.4, 0.5) is 0 Å². The van der Waals surface area contributed by atoms with Crippen molar-refractivity contribution in [3.8, 4) is 0 Å². The van der Waals surface area contributed by atoms with E-state index in [0.29, 0.717) is 13.0 Å². The second-order valence-corrected chi connectivity index (χ2v) is 18.2. The highest BCUT2D eigenvalue weighted by Gasteiger charge is 2.61. The molecule has 0 aromatic heterocycles. The van der Waals surface area contributed by atoms with Crippen molar-refractivity contribution >= 4 is 50.6 Å². The van der Waals surface area contributed by atoms with Crippen LogP contribution in [-0.4, -0.2) is 38.7 Å². The summed E-state index contributed by atoms with van der Waals surface area (Å²) >= 11 is 7.06. The topological polar surface area (TPSA) is 36.9 Å². The van der Waals surface area contributed by atoms with E-state index in [2.05, 4.69) is 126 Å². The molecule has 0 radical (unpaired) electrons. The van der Waals surface area contributed by atoms with Gasteiger partial charge in [0.2, 0.25) is 0 Å². The van der Waals surface area contributed by atoms with E-state index in [-0.39, 0.29) is 17.1 Å². The van der Waals surface area contributed by atoms with Gasteiger partial charge in [0.15, 0.2) is 12.1 Å². The van der Waals surface area contributed by atoms with Crippen LogP contribution in [-0.2, 0) is 18.6 Å². The first-order chi connectivity index (χ1) is 16.4. The van der Waals surface area contributed by atoms with E-state index in [1.54, 1.807) is 0 Å². The minimum absolute atomic E-state index is 0.0723. The molecule has 0 saturated carbocycles. The van der Waals surface area contributed by atoms with Crippen LogP contribution in [0.2, 0.25) is 5.04 Å². The summed E-state index contributed by atoms with van der Waals surface area (Å²) in [6, 6.07) is 21.4. The zero-order valence-corrected chi connectivity index (χ0v) is 25.6. The molecular formula is C28H36Br2O4Si. The highest BCUT2D eigenvalue weighted by Crippen LogP contribution is 2.49. The maximum Gasteiger partial charge on any atom is 0.261 e. The summed E-state index contributed by atoms with van der Waals surface area (Å²) < 4.78 is 27.3. The lowest BCUT2D eigenvalue weighted by Gasteiger charge is -2.45. The fraction of sp³-hybridized carbons (Fsp3) is 0.500. The molecule has 7 heteroatoms. The van der Waals surface area contributed by atoms with Gasteiger partial charge >= 0.3 is 0 Å². The molecule has 4 rings (SSSR count). The molecule has 0 unspecified atom stereocenters. The quantitative estimate of drug-likeness (QED) is 0.332. The van der Waals surface area contributed by atoms with Gasteiger partial charge in [-0.05, 0) is 67.5 Å². The minimum atomic E-state index is -2.72. The molecule has 2 saturated heterocycles. The van der Waals surface area contributed by atoms with Gasteiger partial charge in [-0.25, -0.2) is 0 Å². The molecule has 2 aliphatic rings. The third-order valence-electron chi connectivity index (χ3n) is 7.31. The summed E-state index contributed by atoms with van der Waals surface area (Å²) in [4.78, 5) is 0. The third-order valence-corrected chi connectivity index (χ3v) is 12.9. The van der Waals surface area contributed by atoms with Crippen molar-refractivity contribution < 1.29 is 18.6 Å². The normalized spacial score (nSPS) is 28.1. The van der Waals surface area contributed by atoms with Crippen LogP contribution < -0.4 is 10.4 Å². The fourth-order valence-corrected chi connectivity index (χ4v) is 10.5. The molecule has 4 nitrogen and oxygen atoms in total. The first-order valence-electron chi connectivity index (χ1n) is 12.2. The first-order valence-corrected chi connectivity index (χ1v) is 15.7. The fourth-order valence-electron chi connectivity index (χ4n) is 5.53. The Bertz CT molecular complexity index is 994. The number of ether oxygens (including phenoxy) is 3. The number of hydrogen-bond acceptors (Lipinski definition) is 4. The van der Waals surface area contributed by atoms with Gasteiger partial charge in [0, 0.05) is 5.92 Å². The molecular weight excluding hydrogens is 588 g/mol. The van der Waals surface area contributed by atoms with Gasteiger partial charge in [-0.3, -0.25) is 0 Å². The Balaban J connectivity index is 1.77. The van der Waals surface area contributed by atoms with Crippen molar-refractivity contribution in [1.82, 2.24) is 0 Å². The number of rotatable bonds is 7. The van der Waals surface area contributed by atoms with Gasteiger partial charge in [0.05, 0.1) is 10.00 Å². The van der Waals surface area contributed by atoms with Crippen LogP contribution in [0.3, 0.4) is 0 Å². The predicted molar refractivity (Wildman–Crippen MR) is 151 cm³/mol. The van der Waals surface area contributed by atoms with E-state index in [1.165, 1.54) is 10.4 Å². The molecule has 2 fully saturated rings. The maximum absolute atomic E-state index is 7.32. The Morgan fingerprint density at radius 1 is 0.943 bits per heavy atom. The van der Waals surface area contributed by atoms with Crippen LogP contribution in [0.25, 0.3) is 0 Å². The molecule has 4 atom stereocenters. The Kier molecular flexibility index (Phi) is 7.91. The van der Waals surface area contributed by atoms with Crippen LogP contribution in [0, 0.1) is 5.92 Å². The molecule has 0 N–H and O–H groups in total. The number of hydrogen-bond donors (Lipinski definition) is 0. The molecule has 0 aliphatic carbocycles. The first kappa shape index (κ1) is 27.2. The SMILES string of the molecule is C[C@H]1[C@H]2OC(C)(C)O[C@H]2O[C@@]1(CC=C(Br)Br)CO[Si](c1ccccc1)(c1ccccc1)C(C)(C)C. The van der Waals surface area contributed by atoms with Crippen molar-refractivity contribution in [2.45, 2.75) is 76.8 Å². The van der Waals surface area contributed by atoms with E-state index < -0.39 is 26.0 Å². The van der Waals surface area contributed by atoms with Crippen LogP contribution >= 0.6 is 31.9 Å². The summed E-state index contributed by atoms with van der Waals surface area (Å²) in [5.74, 6) is -0.580. The Labute approximate surface area is 227 Å². The standard InChI is InChI=1S/C28H36Br2O4Si/c1-20-24-25(33-27(5,6)32-24)34-28(20,18-17-23(29)30)19-31-35(26(2,3)4,21-13-9-7-10-14-21)22-15-11-8-12-16-22/h7-17,20,24-25H,18-19H2,1-6H3/t20-,24+,25-,28-/m0/s1. The van der Waals surface area contributed by atoms with Crippen molar-refractivity contribution in [3.05, 3.63) is 70.1 Å². The lowest BCUT2D eigenvalue weighted by atomic mass is 9.85. The smallest absolute Gasteiger partial charge is 0.261 e. The predicted octanol–water partition coefficient (Wildman–Crippen LogP) is 6.47. The summed E-state index contributed by atoms with van der Waals surface area (Å²) in [5, 5.41) is 2.39.